The molecular weight excluding hydrogens is 538 g/mol. The fourth-order valence-electron chi connectivity index (χ4n) is 4.72. The van der Waals surface area contributed by atoms with Crippen molar-refractivity contribution in [1.29, 1.82) is 0 Å². The normalized spacial score (nSPS) is 17.6. The van der Waals surface area contributed by atoms with E-state index in [9.17, 15) is 8.42 Å². The van der Waals surface area contributed by atoms with E-state index < -0.39 is 10.0 Å². The molecule has 39 heavy (non-hydrogen) atoms. The van der Waals surface area contributed by atoms with E-state index in [4.69, 9.17) is 32.0 Å². The number of pyridine rings is 2. The van der Waals surface area contributed by atoms with Gasteiger partial charge >= 0.3 is 0 Å². The molecule has 4 N–H and O–H groups in total. The lowest BCUT2D eigenvalue weighted by Gasteiger charge is -2.26. The molecule has 204 valence electrons. The van der Waals surface area contributed by atoms with Crippen LogP contribution in [-0.4, -0.2) is 47.5 Å². The van der Waals surface area contributed by atoms with E-state index in [1.165, 1.54) is 19.2 Å². The zero-order valence-corrected chi connectivity index (χ0v) is 23.3. The second-order valence-corrected chi connectivity index (χ2v) is 11.6. The van der Waals surface area contributed by atoms with Crippen molar-refractivity contribution in [3.8, 4) is 17.1 Å². The van der Waals surface area contributed by atoms with Crippen LogP contribution in [0.25, 0.3) is 22.3 Å². The first kappa shape index (κ1) is 27.0. The number of anilines is 2. The SMILES string of the molecule is CCc1cc(-c2ccc(NS(=O)(=O)c3ccccc3Cl)nc2OC)nc2cnc(NC3CCC(N)CC3)nc12. The van der Waals surface area contributed by atoms with Gasteiger partial charge in [-0.1, -0.05) is 30.7 Å². The smallest absolute Gasteiger partial charge is 0.264 e. The molecule has 4 aromatic rings. The van der Waals surface area contributed by atoms with E-state index in [1.54, 1.807) is 30.5 Å². The molecule has 1 aliphatic rings. The largest absolute Gasteiger partial charge is 0.480 e. The molecule has 1 fully saturated rings. The summed E-state index contributed by atoms with van der Waals surface area (Å²) in [6, 6.07) is 12.0. The highest BCUT2D eigenvalue weighted by molar-refractivity contribution is 7.92. The van der Waals surface area contributed by atoms with Crippen LogP contribution in [0.1, 0.15) is 38.2 Å². The van der Waals surface area contributed by atoms with Crippen LogP contribution in [0.4, 0.5) is 11.8 Å². The lowest BCUT2D eigenvalue weighted by Crippen LogP contribution is -2.33. The van der Waals surface area contributed by atoms with Crippen molar-refractivity contribution >= 4 is 44.4 Å². The van der Waals surface area contributed by atoms with Crippen LogP contribution in [0.15, 0.2) is 53.6 Å². The number of sulfonamides is 1. The summed E-state index contributed by atoms with van der Waals surface area (Å²) in [4.78, 5) is 18.4. The summed E-state index contributed by atoms with van der Waals surface area (Å²) in [5.41, 5.74) is 9.68. The molecule has 0 aliphatic heterocycles. The van der Waals surface area contributed by atoms with Gasteiger partial charge in [0.15, 0.2) is 0 Å². The number of nitrogens with two attached hydrogens (primary N) is 1. The molecule has 12 heteroatoms. The number of nitrogens with zero attached hydrogens (tertiary/aromatic N) is 4. The third-order valence-corrected chi connectivity index (χ3v) is 8.66. The van der Waals surface area contributed by atoms with Gasteiger partial charge in [-0.3, -0.25) is 4.72 Å². The molecule has 3 aromatic heterocycles. The number of aromatic nitrogens is 4. The highest BCUT2D eigenvalue weighted by atomic mass is 35.5. The number of benzene rings is 1. The zero-order valence-electron chi connectivity index (χ0n) is 21.7. The Balaban J connectivity index is 1.44. The first-order valence-electron chi connectivity index (χ1n) is 12.8. The molecule has 10 nitrogen and oxygen atoms in total. The first-order chi connectivity index (χ1) is 18.8. The van der Waals surface area contributed by atoms with Crippen molar-refractivity contribution in [2.45, 2.75) is 56.0 Å². The molecule has 1 saturated carbocycles. The van der Waals surface area contributed by atoms with Gasteiger partial charge in [0.05, 0.1) is 35.1 Å². The van der Waals surface area contributed by atoms with Crippen molar-refractivity contribution in [2.75, 3.05) is 17.1 Å². The number of rotatable bonds is 8. The summed E-state index contributed by atoms with van der Waals surface area (Å²) in [7, 11) is -2.48. The molecule has 1 aliphatic carbocycles. The van der Waals surface area contributed by atoms with Gasteiger partial charge in [0, 0.05) is 12.1 Å². The Morgan fingerprint density at radius 2 is 1.85 bits per heavy atom. The molecule has 0 spiro atoms. The van der Waals surface area contributed by atoms with Gasteiger partial charge in [0.2, 0.25) is 11.8 Å². The van der Waals surface area contributed by atoms with E-state index in [2.05, 4.69) is 26.9 Å². The summed E-state index contributed by atoms with van der Waals surface area (Å²) in [6.45, 7) is 2.05. The number of methoxy groups -OCH3 is 1. The summed E-state index contributed by atoms with van der Waals surface area (Å²) in [5, 5.41) is 3.56. The predicted octanol–water partition coefficient (Wildman–Crippen LogP) is 4.79. The van der Waals surface area contributed by atoms with E-state index >= 15 is 0 Å². The Labute approximate surface area is 232 Å². The summed E-state index contributed by atoms with van der Waals surface area (Å²) in [6.07, 6.45) is 6.43. The van der Waals surface area contributed by atoms with E-state index in [0.29, 0.717) is 28.8 Å². The maximum Gasteiger partial charge on any atom is 0.264 e. The topological polar surface area (TPSA) is 145 Å². The maximum absolute atomic E-state index is 12.9. The van der Waals surface area contributed by atoms with Gasteiger partial charge in [0.25, 0.3) is 10.0 Å². The van der Waals surface area contributed by atoms with Crippen molar-refractivity contribution in [2.24, 2.45) is 5.73 Å². The van der Waals surface area contributed by atoms with E-state index in [1.807, 2.05) is 6.07 Å². The molecule has 0 saturated heterocycles. The number of nitrogens with one attached hydrogen (secondary N) is 2. The van der Waals surface area contributed by atoms with Gasteiger partial charge < -0.3 is 15.8 Å². The average molecular weight is 568 g/mol. The highest BCUT2D eigenvalue weighted by Gasteiger charge is 2.21. The lowest BCUT2D eigenvalue weighted by atomic mass is 9.92. The van der Waals surface area contributed by atoms with Crippen molar-refractivity contribution in [1.82, 2.24) is 19.9 Å². The number of halogens is 1. The quantitative estimate of drug-likeness (QED) is 0.273. The predicted molar refractivity (Wildman–Crippen MR) is 153 cm³/mol. The van der Waals surface area contributed by atoms with Crippen LogP contribution in [0.2, 0.25) is 5.02 Å². The van der Waals surface area contributed by atoms with E-state index in [0.717, 1.165) is 43.2 Å². The molecule has 0 unspecified atom stereocenters. The summed E-state index contributed by atoms with van der Waals surface area (Å²) >= 11 is 6.09. The van der Waals surface area contributed by atoms with Gasteiger partial charge in [0.1, 0.15) is 16.2 Å². The van der Waals surface area contributed by atoms with Crippen molar-refractivity contribution in [3.05, 3.63) is 59.2 Å². The third kappa shape index (κ3) is 5.90. The first-order valence-corrected chi connectivity index (χ1v) is 14.6. The molecule has 5 rings (SSSR count). The molecule has 0 bridgehead atoms. The van der Waals surface area contributed by atoms with Crippen LogP contribution in [-0.2, 0) is 16.4 Å². The highest BCUT2D eigenvalue weighted by Crippen LogP contribution is 2.32. The number of hydrogen-bond acceptors (Lipinski definition) is 9. The van der Waals surface area contributed by atoms with Crippen molar-refractivity contribution < 1.29 is 13.2 Å². The second-order valence-electron chi connectivity index (χ2n) is 9.49. The van der Waals surface area contributed by atoms with Gasteiger partial charge in [-0.05, 0) is 68.0 Å². The Morgan fingerprint density at radius 1 is 1.08 bits per heavy atom. The minimum absolute atomic E-state index is 0.0405. The average Bonchev–Trinajstić information content (AvgIpc) is 2.93. The number of aryl methyl sites for hydroxylation is 1. The lowest BCUT2D eigenvalue weighted by molar-refractivity contribution is 0.400. The number of hydrogen-bond donors (Lipinski definition) is 3. The molecule has 0 amide bonds. The third-order valence-electron chi connectivity index (χ3n) is 6.81. The Hall–Kier alpha value is -3.54. The minimum Gasteiger partial charge on any atom is -0.480 e. The van der Waals surface area contributed by atoms with Crippen molar-refractivity contribution in [3.63, 3.8) is 0 Å². The van der Waals surface area contributed by atoms with Crippen LogP contribution in [0.5, 0.6) is 5.88 Å². The monoisotopic (exact) mass is 567 g/mol. The van der Waals surface area contributed by atoms with Gasteiger partial charge in [-0.25, -0.2) is 23.4 Å². The molecular formula is C27H30ClN7O3S. The fraction of sp³-hybridized carbons (Fsp3) is 0.333. The van der Waals surface area contributed by atoms with Gasteiger partial charge in [-0.2, -0.15) is 4.98 Å². The number of ether oxygens (including phenoxy) is 1. The summed E-state index contributed by atoms with van der Waals surface area (Å²) in [5.74, 6) is 0.898. The molecule has 3 heterocycles. The van der Waals surface area contributed by atoms with Crippen LogP contribution in [0, 0.1) is 0 Å². The second kappa shape index (κ2) is 11.3. The Bertz CT molecular complexity index is 1610. The molecule has 0 atom stereocenters. The standard InChI is InChI=1S/C27H30ClN7O3S/c1-3-16-14-21(32-22-15-30-27(34-25(16)22)31-18-10-8-17(29)9-11-18)19-12-13-24(33-26(19)38-2)35-39(36,37)23-7-5-4-6-20(23)28/h4-7,12-15,17-18H,3,8-11,29H2,1-2H3,(H,33,35)(H,30,31,34). The fourth-order valence-corrected chi connectivity index (χ4v) is 6.24. The zero-order chi connectivity index (χ0) is 27.6. The Morgan fingerprint density at radius 3 is 2.56 bits per heavy atom. The van der Waals surface area contributed by atoms with Crippen LogP contribution >= 0.6 is 11.6 Å². The molecule has 0 radical (unpaired) electrons. The van der Waals surface area contributed by atoms with Crippen LogP contribution < -0.4 is 20.5 Å². The van der Waals surface area contributed by atoms with Gasteiger partial charge in [-0.15, -0.1) is 0 Å². The summed E-state index contributed by atoms with van der Waals surface area (Å²) < 4.78 is 33.7. The maximum atomic E-state index is 12.9. The Kier molecular flexibility index (Phi) is 7.83. The molecule has 1 aromatic carbocycles. The number of fused-ring (bicyclic) bond motifs is 1. The minimum atomic E-state index is -3.95. The van der Waals surface area contributed by atoms with E-state index in [-0.39, 0.29) is 27.7 Å². The van der Waals surface area contributed by atoms with Crippen LogP contribution in [0.3, 0.4) is 0 Å².